The van der Waals surface area contributed by atoms with Crippen LogP contribution in [-0.4, -0.2) is 31.4 Å². The van der Waals surface area contributed by atoms with Crippen molar-refractivity contribution in [1.82, 2.24) is 14.5 Å². The Morgan fingerprint density at radius 3 is 2.85 bits per heavy atom. The van der Waals surface area contributed by atoms with Gasteiger partial charge in [0.25, 0.3) is 5.56 Å². The van der Waals surface area contributed by atoms with E-state index in [2.05, 4.69) is 9.97 Å². The number of nitrogens with zero attached hydrogens (tertiary/aromatic N) is 3. The number of aromatic nitrogens is 3. The Morgan fingerprint density at radius 1 is 1.40 bits per heavy atom. The van der Waals surface area contributed by atoms with Crippen molar-refractivity contribution in [2.45, 2.75) is 18.6 Å². The summed E-state index contributed by atoms with van der Waals surface area (Å²) in [7, 11) is 0. The smallest absolute Gasteiger partial charge is 0.313 e. The second kappa shape index (κ2) is 6.33. The highest BCUT2D eigenvalue weighted by Crippen LogP contribution is 2.15. The summed E-state index contributed by atoms with van der Waals surface area (Å²) in [4.78, 5) is 30.0. The molecule has 0 atom stereocenters. The molecular formula is C13H13N3O3S. The van der Waals surface area contributed by atoms with Gasteiger partial charge in [-0.2, -0.15) is 4.98 Å². The van der Waals surface area contributed by atoms with Crippen molar-refractivity contribution in [3.63, 3.8) is 0 Å². The van der Waals surface area contributed by atoms with E-state index >= 15 is 0 Å². The third-order valence-corrected chi connectivity index (χ3v) is 3.47. The van der Waals surface area contributed by atoms with Crippen LogP contribution in [0.25, 0.3) is 0 Å². The molecule has 0 bridgehead atoms. The number of aliphatic carboxylic acids is 1. The van der Waals surface area contributed by atoms with Gasteiger partial charge in [0.2, 0.25) is 0 Å². The molecular weight excluding hydrogens is 278 g/mol. The molecule has 2 aromatic heterocycles. The number of rotatable bonds is 5. The fraction of sp³-hybridized carbons (Fsp3) is 0.231. The first kappa shape index (κ1) is 14.3. The zero-order chi connectivity index (χ0) is 14.5. The predicted octanol–water partition coefficient (Wildman–Crippen LogP) is 1.17. The molecule has 2 rings (SSSR count). The number of carboxylic acid groups (broad SMARTS) is 1. The lowest BCUT2D eigenvalue weighted by Crippen LogP contribution is -2.15. The van der Waals surface area contributed by atoms with E-state index in [0.717, 1.165) is 23.0 Å². The number of aryl methyl sites for hydroxylation is 1. The lowest BCUT2D eigenvalue weighted by molar-refractivity contribution is -0.133. The average molecular weight is 291 g/mol. The Bertz CT molecular complexity index is 667. The number of carboxylic acids is 1. The summed E-state index contributed by atoms with van der Waals surface area (Å²) in [6, 6.07) is 5.19. The fourth-order valence-corrected chi connectivity index (χ4v) is 2.26. The van der Waals surface area contributed by atoms with Gasteiger partial charge in [0.1, 0.15) is 0 Å². The van der Waals surface area contributed by atoms with Crippen LogP contribution in [0.2, 0.25) is 0 Å². The summed E-state index contributed by atoms with van der Waals surface area (Å²) < 4.78 is 1.74. The molecule has 0 radical (unpaired) electrons. The van der Waals surface area contributed by atoms with Crippen molar-refractivity contribution >= 4 is 17.7 Å². The van der Waals surface area contributed by atoms with E-state index in [-0.39, 0.29) is 11.3 Å². The van der Waals surface area contributed by atoms with Crippen LogP contribution in [0.5, 0.6) is 0 Å². The van der Waals surface area contributed by atoms with Crippen LogP contribution in [0, 0.1) is 6.92 Å². The van der Waals surface area contributed by atoms with Crippen molar-refractivity contribution < 1.29 is 9.90 Å². The summed E-state index contributed by atoms with van der Waals surface area (Å²) in [6.45, 7) is 2.39. The molecule has 1 N–H and O–H groups in total. The number of hydrogen-bond donors (Lipinski definition) is 1. The van der Waals surface area contributed by atoms with Gasteiger partial charge in [-0.25, -0.2) is 0 Å². The zero-order valence-corrected chi connectivity index (χ0v) is 11.6. The van der Waals surface area contributed by atoms with Gasteiger partial charge in [-0.3, -0.25) is 14.6 Å². The molecule has 0 amide bonds. The van der Waals surface area contributed by atoms with Crippen LogP contribution < -0.4 is 5.56 Å². The highest BCUT2D eigenvalue weighted by Gasteiger charge is 2.07. The summed E-state index contributed by atoms with van der Waals surface area (Å²) >= 11 is 1.02. The van der Waals surface area contributed by atoms with Crippen molar-refractivity contribution in [3.05, 3.63) is 52.2 Å². The SMILES string of the molecule is Cc1ccc(Cn2ccc(=O)nc2SCC(=O)O)cn1. The summed E-state index contributed by atoms with van der Waals surface area (Å²) in [5.74, 6) is -1.08. The third kappa shape index (κ3) is 3.92. The maximum absolute atomic E-state index is 11.3. The maximum Gasteiger partial charge on any atom is 0.313 e. The van der Waals surface area contributed by atoms with Gasteiger partial charge in [0.05, 0.1) is 12.3 Å². The first-order valence-corrected chi connectivity index (χ1v) is 6.87. The molecule has 0 fully saturated rings. The Morgan fingerprint density at radius 2 is 2.20 bits per heavy atom. The molecule has 0 aliphatic rings. The van der Waals surface area contributed by atoms with Crippen LogP contribution in [0.15, 0.2) is 40.5 Å². The highest BCUT2D eigenvalue weighted by atomic mass is 32.2. The Labute approximate surface area is 119 Å². The normalized spacial score (nSPS) is 10.4. The molecule has 0 aliphatic heterocycles. The molecule has 0 unspecified atom stereocenters. The molecule has 0 saturated heterocycles. The van der Waals surface area contributed by atoms with Gasteiger partial charge in [-0.1, -0.05) is 17.8 Å². The quantitative estimate of drug-likeness (QED) is 0.657. The Kier molecular flexibility index (Phi) is 4.52. The van der Waals surface area contributed by atoms with Crippen LogP contribution in [0.1, 0.15) is 11.3 Å². The molecule has 2 heterocycles. The van der Waals surface area contributed by atoms with Crippen LogP contribution in [0.4, 0.5) is 0 Å². The van der Waals surface area contributed by atoms with E-state index in [1.807, 2.05) is 19.1 Å². The van der Waals surface area contributed by atoms with Gasteiger partial charge in [0, 0.05) is 24.2 Å². The van der Waals surface area contributed by atoms with E-state index in [9.17, 15) is 9.59 Å². The molecule has 104 valence electrons. The minimum atomic E-state index is -0.948. The van der Waals surface area contributed by atoms with Gasteiger partial charge in [-0.15, -0.1) is 0 Å². The van der Waals surface area contributed by atoms with Gasteiger partial charge < -0.3 is 9.67 Å². The molecule has 0 aromatic carbocycles. The van der Waals surface area contributed by atoms with Crippen molar-refractivity contribution in [2.75, 3.05) is 5.75 Å². The van der Waals surface area contributed by atoms with Gasteiger partial charge >= 0.3 is 5.97 Å². The number of carbonyl (C=O) groups is 1. The number of hydrogen-bond acceptors (Lipinski definition) is 5. The first-order chi connectivity index (χ1) is 9.54. The van der Waals surface area contributed by atoms with E-state index in [1.165, 1.54) is 6.07 Å². The average Bonchev–Trinajstić information content (AvgIpc) is 2.41. The Balaban J connectivity index is 2.23. The third-order valence-electron chi connectivity index (χ3n) is 2.50. The van der Waals surface area contributed by atoms with Crippen LogP contribution in [0.3, 0.4) is 0 Å². The minimum absolute atomic E-state index is 0.136. The van der Waals surface area contributed by atoms with Gasteiger partial charge in [-0.05, 0) is 18.6 Å². The lowest BCUT2D eigenvalue weighted by atomic mass is 10.2. The fourth-order valence-electron chi connectivity index (χ4n) is 1.56. The van der Waals surface area contributed by atoms with Crippen LogP contribution in [-0.2, 0) is 11.3 Å². The van der Waals surface area contributed by atoms with Crippen molar-refractivity contribution in [3.8, 4) is 0 Å². The Hall–Kier alpha value is -2.15. The van der Waals surface area contributed by atoms with E-state index in [4.69, 9.17) is 5.11 Å². The minimum Gasteiger partial charge on any atom is -0.481 e. The summed E-state index contributed by atoms with van der Waals surface area (Å²) in [5, 5.41) is 9.10. The zero-order valence-electron chi connectivity index (χ0n) is 10.8. The van der Waals surface area contributed by atoms with E-state index < -0.39 is 5.97 Å². The lowest BCUT2D eigenvalue weighted by Gasteiger charge is -2.10. The van der Waals surface area contributed by atoms with Crippen molar-refractivity contribution in [2.24, 2.45) is 0 Å². The maximum atomic E-state index is 11.3. The summed E-state index contributed by atoms with van der Waals surface area (Å²) in [6.07, 6.45) is 3.36. The standard InChI is InChI=1S/C13H13N3O3S/c1-9-2-3-10(6-14-9)7-16-5-4-11(17)15-13(16)20-8-12(18)19/h2-6H,7-8H2,1H3,(H,18,19). The van der Waals surface area contributed by atoms with E-state index in [1.54, 1.807) is 17.0 Å². The van der Waals surface area contributed by atoms with Crippen LogP contribution >= 0.6 is 11.8 Å². The first-order valence-electron chi connectivity index (χ1n) is 5.88. The molecule has 0 spiro atoms. The molecule has 0 saturated carbocycles. The molecule has 20 heavy (non-hydrogen) atoms. The van der Waals surface area contributed by atoms with E-state index in [0.29, 0.717) is 11.7 Å². The second-order valence-corrected chi connectivity index (χ2v) is 5.11. The molecule has 7 heteroatoms. The molecule has 2 aromatic rings. The highest BCUT2D eigenvalue weighted by molar-refractivity contribution is 7.99. The number of thioether (sulfide) groups is 1. The molecule has 0 aliphatic carbocycles. The monoisotopic (exact) mass is 291 g/mol. The van der Waals surface area contributed by atoms with Crippen molar-refractivity contribution in [1.29, 1.82) is 0 Å². The predicted molar refractivity (Wildman–Crippen MR) is 74.9 cm³/mol. The second-order valence-electron chi connectivity index (χ2n) is 4.17. The van der Waals surface area contributed by atoms with Gasteiger partial charge in [0.15, 0.2) is 5.16 Å². The topological polar surface area (TPSA) is 85.1 Å². The number of pyridine rings is 1. The summed E-state index contributed by atoms with van der Waals surface area (Å²) in [5.41, 5.74) is 1.50. The molecule has 6 nitrogen and oxygen atoms in total. The largest absolute Gasteiger partial charge is 0.481 e.